The van der Waals surface area contributed by atoms with E-state index < -0.39 is 5.44 Å². The smallest absolute Gasteiger partial charge is 0.119 e. The SMILES string of the molecule is [B]C(Nc1cc(Cl)c2ncc(C#N)c(Nc3cccc(Cl)c3)c2c1)(C1=CN(C2CC2)NN1)c1cccc(C#N)c1. The maximum atomic E-state index is 9.87. The van der Waals surface area contributed by atoms with E-state index in [0.717, 1.165) is 12.8 Å². The molecule has 1 aromatic heterocycles. The fraction of sp³-hybridized carbons (Fsp3) is 0.138. The summed E-state index contributed by atoms with van der Waals surface area (Å²) in [7, 11) is 7.13. The van der Waals surface area contributed by atoms with Crippen molar-refractivity contribution in [2.24, 2.45) is 0 Å². The van der Waals surface area contributed by atoms with Crippen LogP contribution in [-0.4, -0.2) is 23.9 Å². The van der Waals surface area contributed by atoms with Crippen molar-refractivity contribution >= 4 is 59.0 Å². The van der Waals surface area contributed by atoms with Crippen LogP contribution in [0, 0.1) is 22.7 Å². The predicted octanol–water partition coefficient (Wildman–Crippen LogP) is 5.79. The Morgan fingerprint density at radius 3 is 2.60 bits per heavy atom. The molecule has 6 rings (SSSR count). The monoisotopic (exact) mass is 562 g/mol. The zero-order valence-corrected chi connectivity index (χ0v) is 22.6. The van der Waals surface area contributed by atoms with Gasteiger partial charge in [-0.15, -0.1) is 5.53 Å². The van der Waals surface area contributed by atoms with Crippen LogP contribution in [0.25, 0.3) is 10.9 Å². The Kier molecular flexibility index (Phi) is 6.65. The molecule has 2 aliphatic rings. The molecule has 1 atom stereocenters. The number of pyridine rings is 1. The fourth-order valence-electron chi connectivity index (χ4n) is 4.70. The van der Waals surface area contributed by atoms with Gasteiger partial charge in [0.15, 0.2) is 0 Å². The van der Waals surface area contributed by atoms with E-state index in [1.165, 1.54) is 6.20 Å². The lowest BCUT2D eigenvalue weighted by Crippen LogP contribution is -2.45. The highest BCUT2D eigenvalue weighted by Gasteiger charge is 2.38. The maximum absolute atomic E-state index is 9.87. The highest BCUT2D eigenvalue weighted by Crippen LogP contribution is 2.39. The van der Waals surface area contributed by atoms with Gasteiger partial charge in [0.05, 0.1) is 44.6 Å². The summed E-state index contributed by atoms with van der Waals surface area (Å²) in [4.78, 5) is 4.45. The number of aromatic nitrogens is 1. The number of hydrogen-bond donors (Lipinski definition) is 4. The second-order valence-corrected chi connectivity index (χ2v) is 10.5. The number of benzene rings is 3. The Hall–Kier alpha value is -4.41. The summed E-state index contributed by atoms with van der Waals surface area (Å²) in [6.45, 7) is 0. The van der Waals surface area contributed by atoms with Crippen LogP contribution < -0.4 is 21.6 Å². The van der Waals surface area contributed by atoms with E-state index in [4.69, 9.17) is 31.0 Å². The van der Waals surface area contributed by atoms with E-state index in [1.807, 2.05) is 35.5 Å². The maximum Gasteiger partial charge on any atom is 0.119 e. The molecule has 0 spiro atoms. The van der Waals surface area contributed by atoms with Gasteiger partial charge >= 0.3 is 0 Å². The number of hydrogen-bond acceptors (Lipinski definition) is 8. The van der Waals surface area contributed by atoms with Crippen LogP contribution in [0.1, 0.15) is 29.5 Å². The third-order valence-corrected chi connectivity index (χ3v) is 7.40. The third kappa shape index (κ3) is 4.87. The van der Waals surface area contributed by atoms with Crippen molar-refractivity contribution in [3.63, 3.8) is 0 Å². The molecule has 0 amide bonds. The van der Waals surface area contributed by atoms with E-state index in [2.05, 4.69) is 38.7 Å². The molecule has 1 unspecified atom stereocenters. The molecule has 1 saturated carbocycles. The number of anilines is 3. The number of halogens is 2. The third-order valence-electron chi connectivity index (χ3n) is 6.88. The second-order valence-electron chi connectivity index (χ2n) is 9.69. The molecule has 4 N–H and O–H groups in total. The van der Waals surface area contributed by atoms with Crippen molar-refractivity contribution in [2.45, 2.75) is 24.3 Å². The van der Waals surface area contributed by atoms with Gasteiger partial charge in [-0.25, -0.2) is 0 Å². The van der Waals surface area contributed by atoms with Crippen LogP contribution in [-0.2, 0) is 5.44 Å². The largest absolute Gasteiger partial charge is 0.378 e. The van der Waals surface area contributed by atoms with Gasteiger partial charge in [-0.2, -0.15) is 10.5 Å². The van der Waals surface area contributed by atoms with Crippen LogP contribution >= 0.6 is 23.2 Å². The Morgan fingerprint density at radius 2 is 1.85 bits per heavy atom. The highest BCUT2D eigenvalue weighted by atomic mass is 35.5. The Balaban J connectivity index is 1.47. The lowest BCUT2D eigenvalue weighted by atomic mass is 9.69. The Labute approximate surface area is 242 Å². The molecule has 40 heavy (non-hydrogen) atoms. The Bertz CT molecular complexity index is 1760. The number of nitrogens with one attached hydrogen (secondary N) is 4. The van der Waals surface area contributed by atoms with Crippen molar-refractivity contribution in [2.75, 3.05) is 10.6 Å². The normalized spacial score (nSPS) is 15.9. The van der Waals surface area contributed by atoms with Gasteiger partial charge in [0.1, 0.15) is 13.9 Å². The zero-order valence-electron chi connectivity index (χ0n) is 21.0. The van der Waals surface area contributed by atoms with Crippen molar-refractivity contribution < 1.29 is 0 Å². The van der Waals surface area contributed by atoms with Gasteiger partial charge < -0.3 is 16.1 Å². The summed E-state index contributed by atoms with van der Waals surface area (Å²) in [5.74, 6) is 0. The lowest BCUT2D eigenvalue weighted by Gasteiger charge is -2.34. The molecule has 11 heteroatoms. The van der Waals surface area contributed by atoms with Gasteiger partial charge in [0.2, 0.25) is 0 Å². The summed E-state index contributed by atoms with van der Waals surface area (Å²) >= 11 is 12.9. The first-order valence-corrected chi connectivity index (χ1v) is 13.3. The molecule has 3 aromatic carbocycles. The molecular formula is C29H21BCl2N8. The number of fused-ring (bicyclic) bond motifs is 1. The molecule has 1 fully saturated rings. The Morgan fingerprint density at radius 1 is 1.02 bits per heavy atom. The minimum absolute atomic E-state index is 0.339. The molecule has 1 aliphatic heterocycles. The van der Waals surface area contributed by atoms with Crippen LogP contribution in [0.15, 0.2) is 78.8 Å². The molecule has 0 bridgehead atoms. The van der Waals surface area contributed by atoms with E-state index in [0.29, 0.717) is 66.4 Å². The second kappa shape index (κ2) is 10.3. The molecule has 194 valence electrons. The predicted molar refractivity (Wildman–Crippen MR) is 158 cm³/mol. The zero-order chi connectivity index (χ0) is 27.9. The molecular weight excluding hydrogens is 542 g/mol. The van der Waals surface area contributed by atoms with Crippen LogP contribution in [0.5, 0.6) is 0 Å². The minimum atomic E-state index is -1.28. The van der Waals surface area contributed by atoms with Crippen LogP contribution in [0.2, 0.25) is 10.0 Å². The fourth-order valence-corrected chi connectivity index (χ4v) is 5.16. The molecule has 1 aliphatic carbocycles. The first kappa shape index (κ1) is 25.9. The molecule has 2 radical (unpaired) electrons. The first-order chi connectivity index (χ1) is 19.4. The number of nitriles is 2. The first-order valence-electron chi connectivity index (χ1n) is 12.5. The topological polar surface area (TPSA) is 112 Å². The van der Waals surface area contributed by atoms with Crippen molar-refractivity contribution in [1.82, 2.24) is 21.0 Å². The van der Waals surface area contributed by atoms with Crippen molar-refractivity contribution in [3.05, 3.63) is 105 Å². The standard InChI is InChI=1S/C29H21BCl2N8/c30-29(19-4-1-3-17(9-19)13-33,26-16-40(39-38-26)23-7-8-23)37-22-11-24-27(36-21-6-2-5-20(31)10-21)18(14-34)15-35-28(24)25(32)12-22/h1-6,9-12,15-16,23,37-39H,7-8H2,(H,35,36). The van der Waals surface area contributed by atoms with E-state index in [1.54, 1.807) is 36.4 Å². The average molecular weight is 563 g/mol. The van der Waals surface area contributed by atoms with Gasteiger partial charge in [-0.05, 0) is 60.9 Å². The number of rotatable bonds is 7. The minimum Gasteiger partial charge on any atom is -0.378 e. The van der Waals surface area contributed by atoms with Gasteiger partial charge in [0, 0.05) is 40.2 Å². The number of nitrogens with zero attached hydrogens (tertiary/aromatic N) is 4. The lowest BCUT2D eigenvalue weighted by molar-refractivity contribution is 0.260. The molecule has 8 nitrogen and oxygen atoms in total. The van der Waals surface area contributed by atoms with E-state index >= 15 is 0 Å². The van der Waals surface area contributed by atoms with Gasteiger partial charge in [-0.3, -0.25) is 9.99 Å². The molecule has 2 heterocycles. The quantitative estimate of drug-likeness (QED) is 0.209. The molecule has 4 aromatic rings. The molecule has 0 saturated heterocycles. The summed E-state index contributed by atoms with van der Waals surface area (Å²) in [6.07, 6.45) is 5.60. The summed E-state index contributed by atoms with van der Waals surface area (Å²) < 4.78 is 0. The average Bonchev–Trinajstić information content (AvgIpc) is 3.69. The van der Waals surface area contributed by atoms with Crippen LogP contribution in [0.3, 0.4) is 0 Å². The summed E-state index contributed by atoms with van der Waals surface area (Å²) in [6, 6.07) is 22.7. The number of hydrazine groups is 2. The van der Waals surface area contributed by atoms with Gasteiger partial charge in [0.25, 0.3) is 0 Å². The van der Waals surface area contributed by atoms with Crippen molar-refractivity contribution in [1.29, 1.82) is 10.5 Å². The van der Waals surface area contributed by atoms with Crippen LogP contribution in [0.4, 0.5) is 17.1 Å². The summed E-state index contributed by atoms with van der Waals surface area (Å²) in [5, 5.41) is 29.7. The highest BCUT2D eigenvalue weighted by molar-refractivity contribution is 6.36. The van der Waals surface area contributed by atoms with Crippen molar-refractivity contribution in [3.8, 4) is 12.1 Å². The van der Waals surface area contributed by atoms with E-state index in [-0.39, 0.29) is 0 Å². The van der Waals surface area contributed by atoms with E-state index in [9.17, 15) is 10.5 Å². The van der Waals surface area contributed by atoms with Gasteiger partial charge in [-0.1, -0.05) is 41.4 Å². The summed E-state index contributed by atoms with van der Waals surface area (Å²) in [5.41, 5.74) is 9.58.